The molecule has 5 rings (SSSR count). The molecule has 0 bridgehead atoms. The average Bonchev–Trinajstić information content (AvgIpc) is 2.99. The van der Waals surface area contributed by atoms with Gasteiger partial charge in [0.2, 0.25) is 0 Å². The SMILES string of the molecule is CCCC1(O)c2ccccc2-c2c(-c3ccccc3)c(C)c3ccccc3c21. The minimum Gasteiger partial charge on any atom is -0.380 e. The van der Waals surface area contributed by atoms with Crippen molar-refractivity contribution < 1.29 is 5.11 Å². The Labute approximate surface area is 166 Å². The van der Waals surface area contributed by atoms with Crippen molar-refractivity contribution in [1.29, 1.82) is 0 Å². The predicted octanol–water partition coefficient (Wildman–Crippen LogP) is 6.83. The van der Waals surface area contributed by atoms with Crippen molar-refractivity contribution >= 4 is 10.8 Å². The van der Waals surface area contributed by atoms with Gasteiger partial charge in [-0.3, -0.25) is 0 Å². The van der Waals surface area contributed by atoms with Crippen molar-refractivity contribution in [3.8, 4) is 22.3 Å². The largest absolute Gasteiger partial charge is 0.380 e. The molecule has 0 saturated carbocycles. The minimum atomic E-state index is -0.947. The van der Waals surface area contributed by atoms with E-state index in [1.807, 2.05) is 6.07 Å². The molecular formula is C27H24O. The Morgan fingerprint density at radius 2 is 1.39 bits per heavy atom. The Hall–Kier alpha value is -2.90. The lowest BCUT2D eigenvalue weighted by Gasteiger charge is -2.28. The smallest absolute Gasteiger partial charge is 0.116 e. The van der Waals surface area contributed by atoms with Crippen molar-refractivity contribution in [2.75, 3.05) is 0 Å². The van der Waals surface area contributed by atoms with Gasteiger partial charge in [-0.05, 0) is 57.5 Å². The lowest BCUT2D eigenvalue weighted by atomic mass is 9.81. The molecule has 1 N–H and O–H groups in total. The molecule has 4 aromatic rings. The van der Waals surface area contributed by atoms with Gasteiger partial charge in [-0.15, -0.1) is 0 Å². The fourth-order valence-corrected chi connectivity index (χ4v) is 5.09. The quantitative estimate of drug-likeness (QED) is 0.422. The van der Waals surface area contributed by atoms with E-state index in [0.29, 0.717) is 0 Å². The Bertz CT molecular complexity index is 1190. The van der Waals surface area contributed by atoms with Gasteiger partial charge in [0.15, 0.2) is 0 Å². The van der Waals surface area contributed by atoms with Crippen LogP contribution in [0.1, 0.15) is 36.5 Å². The van der Waals surface area contributed by atoms with Gasteiger partial charge in [-0.25, -0.2) is 0 Å². The molecule has 1 atom stereocenters. The number of fused-ring (bicyclic) bond motifs is 5. The van der Waals surface area contributed by atoms with Crippen molar-refractivity contribution in [3.63, 3.8) is 0 Å². The van der Waals surface area contributed by atoms with E-state index < -0.39 is 5.60 Å². The molecule has 0 radical (unpaired) electrons. The summed E-state index contributed by atoms with van der Waals surface area (Å²) < 4.78 is 0. The van der Waals surface area contributed by atoms with E-state index in [-0.39, 0.29) is 0 Å². The first-order valence-corrected chi connectivity index (χ1v) is 10.1. The van der Waals surface area contributed by atoms with E-state index in [9.17, 15) is 5.11 Å². The summed E-state index contributed by atoms with van der Waals surface area (Å²) >= 11 is 0. The van der Waals surface area contributed by atoms with Crippen LogP contribution in [0.4, 0.5) is 0 Å². The summed E-state index contributed by atoms with van der Waals surface area (Å²) in [5, 5.41) is 14.4. The highest BCUT2D eigenvalue weighted by molar-refractivity contribution is 6.06. The Balaban J connectivity index is 2.02. The van der Waals surface area contributed by atoms with Crippen LogP contribution >= 0.6 is 0 Å². The van der Waals surface area contributed by atoms with Crippen LogP contribution in [0, 0.1) is 6.92 Å². The monoisotopic (exact) mass is 364 g/mol. The molecule has 0 saturated heterocycles. The molecule has 0 aliphatic heterocycles. The van der Waals surface area contributed by atoms with Crippen molar-refractivity contribution in [2.45, 2.75) is 32.3 Å². The van der Waals surface area contributed by atoms with Crippen LogP contribution in [0.5, 0.6) is 0 Å². The second-order valence-corrected chi connectivity index (χ2v) is 7.82. The number of benzene rings is 4. The van der Waals surface area contributed by atoms with Gasteiger partial charge < -0.3 is 5.11 Å². The zero-order chi connectivity index (χ0) is 19.3. The number of hydrogen-bond acceptors (Lipinski definition) is 1. The molecule has 4 aromatic carbocycles. The van der Waals surface area contributed by atoms with Crippen LogP contribution in [0.2, 0.25) is 0 Å². The Morgan fingerprint density at radius 3 is 2.14 bits per heavy atom. The molecule has 1 aliphatic carbocycles. The third-order valence-corrected chi connectivity index (χ3v) is 6.21. The summed E-state index contributed by atoms with van der Waals surface area (Å²) in [6.07, 6.45) is 1.64. The number of hydrogen-bond donors (Lipinski definition) is 1. The summed E-state index contributed by atoms with van der Waals surface area (Å²) in [4.78, 5) is 0. The molecule has 1 unspecified atom stereocenters. The zero-order valence-electron chi connectivity index (χ0n) is 16.4. The third-order valence-electron chi connectivity index (χ3n) is 6.21. The molecular weight excluding hydrogens is 340 g/mol. The summed E-state index contributed by atoms with van der Waals surface area (Å²) in [6, 6.07) is 27.5. The van der Waals surface area contributed by atoms with Crippen LogP contribution in [-0.2, 0) is 5.60 Å². The molecule has 0 aromatic heterocycles. The second-order valence-electron chi connectivity index (χ2n) is 7.82. The van der Waals surface area contributed by atoms with Gasteiger partial charge in [0, 0.05) is 5.56 Å². The van der Waals surface area contributed by atoms with Gasteiger partial charge >= 0.3 is 0 Å². The maximum atomic E-state index is 12.1. The van der Waals surface area contributed by atoms with Crippen LogP contribution < -0.4 is 0 Å². The van der Waals surface area contributed by atoms with E-state index in [0.717, 1.165) is 24.0 Å². The summed E-state index contributed by atoms with van der Waals surface area (Å²) in [5.74, 6) is 0. The Morgan fingerprint density at radius 1 is 0.750 bits per heavy atom. The highest BCUT2D eigenvalue weighted by Crippen LogP contribution is 2.56. The molecule has 1 nitrogen and oxygen atoms in total. The van der Waals surface area contributed by atoms with E-state index in [1.165, 1.54) is 38.6 Å². The normalized spacial score (nSPS) is 17.5. The molecule has 0 fully saturated rings. The third kappa shape index (κ3) is 2.23. The first-order chi connectivity index (χ1) is 13.7. The maximum Gasteiger partial charge on any atom is 0.116 e. The molecule has 0 heterocycles. The second kappa shape index (κ2) is 6.32. The lowest BCUT2D eigenvalue weighted by Crippen LogP contribution is -2.24. The number of rotatable bonds is 3. The van der Waals surface area contributed by atoms with Gasteiger partial charge in [0.1, 0.15) is 5.60 Å². The van der Waals surface area contributed by atoms with Crippen LogP contribution in [0.25, 0.3) is 33.0 Å². The minimum absolute atomic E-state index is 0.721. The van der Waals surface area contributed by atoms with Crippen molar-refractivity contribution in [3.05, 3.63) is 95.6 Å². The van der Waals surface area contributed by atoms with E-state index >= 15 is 0 Å². The predicted molar refractivity (Wildman–Crippen MR) is 117 cm³/mol. The van der Waals surface area contributed by atoms with E-state index in [2.05, 4.69) is 86.6 Å². The van der Waals surface area contributed by atoms with E-state index in [4.69, 9.17) is 0 Å². The molecule has 0 spiro atoms. The fourth-order valence-electron chi connectivity index (χ4n) is 5.09. The number of aliphatic hydroxyl groups is 1. The lowest BCUT2D eigenvalue weighted by molar-refractivity contribution is 0.0764. The van der Waals surface area contributed by atoms with Crippen LogP contribution in [-0.4, -0.2) is 5.11 Å². The number of aryl methyl sites for hydroxylation is 1. The first kappa shape index (κ1) is 17.2. The van der Waals surface area contributed by atoms with Gasteiger partial charge in [-0.1, -0.05) is 92.2 Å². The van der Waals surface area contributed by atoms with E-state index in [1.54, 1.807) is 0 Å². The highest BCUT2D eigenvalue weighted by atomic mass is 16.3. The standard InChI is InChI=1S/C27H24O/c1-3-17-27(28)23-16-10-9-15-22(23)25-24(19-11-5-4-6-12-19)18(2)20-13-7-8-14-21(20)26(25)27/h4-16,28H,3,17H2,1-2H3. The molecule has 28 heavy (non-hydrogen) atoms. The summed E-state index contributed by atoms with van der Waals surface area (Å²) in [7, 11) is 0. The molecule has 1 heteroatoms. The first-order valence-electron chi connectivity index (χ1n) is 10.1. The topological polar surface area (TPSA) is 20.2 Å². The Kier molecular flexibility index (Phi) is 3.89. The summed E-state index contributed by atoms with van der Waals surface area (Å²) in [6.45, 7) is 4.36. The average molecular weight is 364 g/mol. The fraction of sp³-hybridized carbons (Fsp3) is 0.185. The van der Waals surface area contributed by atoms with Crippen LogP contribution in [0.3, 0.4) is 0 Å². The molecule has 0 amide bonds. The maximum absolute atomic E-state index is 12.1. The van der Waals surface area contributed by atoms with Gasteiger partial charge in [-0.2, -0.15) is 0 Å². The van der Waals surface area contributed by atoms with Crippen molar-refractivity contribution in [2.24, 2.45) is 0 Å². The van der Waals surface area contributed by atoms with Gasteiger partial charge in [0.05, 0.1) is 0 Å². The molecule has 1 aliphatic rings. The molecule has 138 valence electrons. The van der Waals surface area contributed by atoms with Gasteiger partial charge in [0.25, 0.3) is 0 Å². The van der Waals surface area contributed by atoms with Crippen molar-refractivity contribution in [1.82, 2.24) is 0 Å². The zero-order valence-corrected chi connectivity index (χ0v) is 16.4. The van der Waals surface area contributed by atoms with Crippen LogP contribution in [0.15, 0.2) is 78.9 Å². The highest BCUT2D eigenvalue weighted by Gasteiger charge is 2.43. The summed E-state index contributed by atoms with van der Waals surface area (Å²) in [5.41, 5.74) is 7.27.